The lowest BCUT2D eigenvalue weighted by Crippen LogP contribution is -2.44. The van der Waals surface area contributed by atoms with Crippen molar-refractivity contribution in [2.24, 2.45) is 0 Å². The highest BCUT2D eigenvalue weighted by atomic mass is 32.1. The number of hydrogen-bond donors (Lipinski definition) is 1. The molecule has 1 aliphatic rings. The van der Waals surface area contributed by atoms with E-state index >= 15 is 0 Å². The van der Waals surface area contributed by atoms with Crippen LogP contribution in [0.15, 0.2) is 48.8 Å². The second kappa shape index (κ2) is 11.2. The van der Waals surface area contributed by atoms with Gasteiger partial charge in [-0.15, -0.1) is 0 Å². The molecule has 3 rings (SSSR count). The van der Waals surface area contributed by atoms with Gasteiger partial charge in [0, 0.05) is 31.5 Å². The number of pyridine rings is 1. The Labute approximate surface area is 175 Å². The molecule has 0 atom stereocenters. The van der Waals surface area contributed by atoms with Crippen LogP contribution in [0.25, 0.3) is 0 Å². The third kappa shape index (κ3) is 6.59. The Morgan fingerprint density at radius 2 is 1.61 bits per heavy atom. The predicted molar refractivity (Wildman–Crippen MR) is 121 cm³/mol. The lowest BCUT2D eigenvalue weighted by atomic mass is 9.97. The van der Waals surface area contributed by atoms with E-state index in [9.17, 15) is 0 Å². The van der Waals surface area contributed by atoms with Crippen molar-refractivity contribution in [1.82, 2.24) is 15.2 Å². The molecule has 28 heavy (non-hydrogen) atoms. The summed E-state index contributed by atoms with van der Waals surface area (Å²) in [5, 5.41) is 4.56. The van der Waals surface area contributed by atoms with Gasteiger partial charge in [-0.3, -0.25) is 4.98 Å². The zero-order valence-corrected chi connectivity index (χ0v) is 17.9. The highest BCUT2D eigenvalue weighted by Gasteiger charge is 2.17. The van der Waals surface area contributed by atoms with Gasteiger partial charge in [-0.25, -0.2) is 0 Å². The first kappa shape index (κ1) is 20.8. The molecule has 3 nitrogen and oxygen atoms in total. The maximum atomic E-state index is 5.88. The van der Waals surface area contributed by atoms with E-state index in [-0.39, 0.29) is 0 Å². The SMILES string of the molecule is CCc1ccc(CN(Cc2cccnc2)C(=S)NC2CCCCCCC2)cc1. The van der Waals surface area contributed by atoms with Crippen molar-refractivity contribution >= 4 is 17.3 Å². The van der Waals surface area contributed by atoms with Crippen molar-refractivity contribution in [3.63, 3.8) is 0 Å². The van der Waals surface area contributed by atoms with Gasteiger partial charge in [0.2, 0.25) is 0 Å². The second-order valence-corrected chi connectivity index (χ2v) is 8.27. The second-order valence-electron chi connectivity index (χ2n) is 7.88. The van der Waals surface area contributed by atoms with Gasteiger partial charge in [-0.1, -0.05) is 69.4 Å². The number of thiocarbonyl (C=S) groups is 1. The number of aryl methyl sites for hydroxylation is 1. The van der Waals surface area contributed by atoms with Crippen molar-refractivity contribution in [3.8, 4) is 0 Å². The van der Waals surface area contributed by atoms with Crippen molar-refractivity contribution < 1.29 is 0 Å². The quantitative estimate of drug-likeness (QED) is 0.641. The van der Waals surface area contributed by atoms with E-state index in [0.29, 0.717) is 6.04 Å². The molecular formula is C24H33N3S. The maximum Gasteiger partial charge on any atom is 0.169 e. The van der Waals surface area contributed by atoms with Crippen molar-refractivity contribution in [3.05, 3.63) is 65.5 Å². The molecule has 0 saturated heterocycles. The summed E-state index contributed by atoms with van der Waals surface area (Å²) in [5.41, 5.74) is 3.86. The maximum absolute atomic E-state index is 5.88. The van der Waals surface area contributed by atoms with E-state index in [0.717, 1.165) is 24.6 Å². The zero-order chi connectivity index (χ0) is 19.6. The van der Waals surface area contributed by atoms with Crippen LogP contribution in [0.1, 0.15) is 68.6 Å². The molecule has 150 valence electrons. The molecule has 1 aliphatic carbocycles. The van der Waals surface area contributed by atoms with E-state index < -0.39 is 0 Å². The van der Waals surface area contributed by atoms with Crippen molar-refractivity contribution in [2.45, 2.75) is 77.4 Å². The van der Waals surface area contributed by atoms with Crippen LogP contribution < -0.4 is 5.32 Å². The van der Waals surface area contributed by atoms with Crippen LogP contribution >= 0.6 is 12.2 Å². The molecular weight excluding hydrogens is 362 g/mol. The van der Waals surface area contributed by atoms with Gasteiger partial charge in [-0.05, 0) is 54.2 Å². The summed E-state index contributed by atoms with van der Waals surface area (Å²) in [5.74, 6) is 0. The number of nitrogens with zero attached hydrogens (tertiary/aromatic N) is 2. The Hall–Kier alpha value is -1.94. The smallest absolute Gasteiger partial charge is 0.169 e. The highest BCUT2D eigenvalue weighted by Crippen LogP contribution is 2.18. The minimum atomic E-state index is 0.506. The van der Waals surface area contributed by atoms with Gasteiger partial charge in [0.05, 0.1) is 0 Å². The third-order valence-electron chi connectivity index (χ3n) is 5.62. The molecule has 1 aromatic carbocycles. The fourth-order valence-corrected chi connectivity index (χ4v) is 4.17. The van der Waals surface area contributed by atoms with Gasteiger partial charge < -0.3 is 10.2 Å². The van der Waals surface area contributed by atoms with Crippen LogP contribution in [0.3, 0.4) is 0 Å². The zero-order valence-electron chi connectivity index (χ0n) is 17.1. The number of aromatic nitrogens is 1. The van der Waals surface area contributed by atoms with Crippen molar-refractivity contribution in [2.75, 3.05) is 0 Å². The normalized spacial score (nSPS) is 15.5. The summed E-state index contributed by atoms with van der Waals surface area (Å²) in [6, 6.07) is 13.5. The molecule has 0 bridgehead atoms. The summed E-state index contributed by atoms with van der Waals surface area (Å²) >= 11 is 5.88. The molecule has 0 spiro atoms. The van der Waals surface area contributed by atoms with E-state index in [2.05, 4.69) is 52.5 Å². The van der Waals surface area contributed by atoms with Crippen LogP contribution in [0.5, 0.6) is 0 Å². The van der Waals surface area contributed by atoms with Gasteiger partial charge in [0.1, 0.15) is 0 Å². The number of hydrogen-bond acceptors (Lipinski definition) is 2. The van der Waals surface area contributed by atoms with E-state index in [4.69, 9.17) is 12.2 Å². The summed E-state index contributed by atoms with van der Waals surface area (Å²) in [4.78, 5) is 6.56. The number of nitrogens with one attached hydrogen (secondary N) is 1. The largest absolute Gasteiger partial charge is 0.360 e. The van der Waals surface area contributed by atoms with Crippen LogP contribution in [0, 0.1) is 0 Å². The predicted octanol–water partition coefficient (Wildman–Crippen LogP) is 5.63. The molecule has 1 saturated carbocycles. The molecule has 0 unspecified atom stereocenters. The van der Waals surface area contributed by atoms with E-state index in [1.165, 1.54) is 61.6 Å². The average Bonchev–Trinajstić information content (AvgIpc) is 2.70. The van der Waals surface area contributed by atoms with Gasteiger partial charge in [0.15, 0.2) is 5.11 Å². The summed E-state index contributed by atoms with van der Waals surface area (Å²) < 4.78 is 0. The molecule has 1 fully saturated rings. The Morgan fingerprint density at radius 1 is 0.964 bits per heavy atom. The van der Waals surface area contributed by atoms with Crippen LogP contribution in [0.4, 0.5) is 0 Å². The van der Waals surface area contributed by atoms with Crippen LogP contribution in [-0.4, -0.2) is 21.0 Å². The summed E-state index contributed by atoms with van der Waals surface area (Å²) in [7, 11) is 0. The molecule has 0 amide bonds. The summed E-state index contributed by atoms with van der Waals surface area (Å²) in [6.45, 7) is 3.79. The molecule has 2 aromatic rings. The number of rotatable bonds is 6. The van der Waals surface area contributed by atoms with Crippen LogP contribution in [0.2, 0.25) is 0 Å². The third-order valence-corrected chi connectivity index (χ3v) is 6.00. The fraction of sp³-hybridized carbons (Fsp3) is 0.500. The average molecular weight is 396 g/mol. The first-order chi connectivity index (χ1) is 13.7. The molecule has 1 N–H and O–H groups in total. The fourth-order valence-electron chi connectivity index (χ4n) is 3.88. The lowest BCUT2D eigenvalue weighted by molar-refractivity contribution is 0.370. The molecule has 0 radical (unpaired) electrons. The van der Waals surface area contributed by atoms with Gasteiger partial charge in [0.25, 0.3) is 0 Å². The lowest BCUT2D eigenvalue weighted by Gasteiger charge is -2.30. The Morgan fingerprint density at radius 3 is 2.25 bits per heavy atom. The summed E-state index contributed by atoms with van der Waals surface area (Å²) in [6.07, 6.45) is 14.0. The first-order valence-corrected chi connectivity index (χ1v) is 11.2. The topological polar surface area (TPSA) is 28.2 Å². The standard InChI is InChI=1S/C24H33N3S/c1-2-20-12-14-21(15-13-20)18-27(19-22-9-8-16-25-17-22)24(28)26-23-10-6-4-3-5-7-11-23/h8-9,12-17,23H,2-7,10-11,18-19H2,1H3,(H,26,28). The highest BCUT2D eigenvalue weighted by molar-refractivity contribution is 7.80. The Bertz CT molecular complexity index is 706. The minimum absolute atomic E-state index is 0.506. The van der Waals surface area contributed by atoms with Gasteiger partial charge >= 0.3 is 0 Å². The Balaban J connectivity index is 1.69. The van der Waals surface area contributed by atoms with E-state index in [1.807, 2.05) is 18.5 Å². The Kier molecular flexibility index (Phi) is 8.28. The minimum Gasteiger partial charge on any atom is -0.360 e. The molecule has 1 heterocycles. The van der Waals surface area contributed by atoms with Gasteiger partial charge in [-0.2, -0.15) is 0 Å². The molecule has 1 aromatic heterocycles. The first-order valence-electron chi connectivity index (χ1n) is 10.8. The molecule has 0 aliphatic heterocycles. The molecule has 4 heteroatoms. The van der Waals surface area contributed by atoms with E-state index in [1.54, 1.807) is 0 Å². The van der Waals surface area contributed by atoms with Crippen LogP contribution in [-0.2, 0) is 19.5 Å². The van der Waals surface area contributed by atoms with Crippen molar-refractivity contribution in [1.29, 1.82) is 0 Å². The number of benzene rings is 1. The monoisotopic (exact) mass is 395 g/mol.